The second-order valence-electron chi connectivity index (χ2n) is 23.0. The van der Waals surface area contributed by atoms with E-state index in [1.165, 1.54) is 12.8 Å². The standard InChI is InChI=1S/C36H50N4O3.C31H42N4O3/c1-8-10-19-43-31-17-11-27(12-18-31)28-21-32(35(41)37-23-33-24(3)20-25(4)38-36(33)42)26(5)34(22-28)40(9-2)30-15-13-29(14-16-30)39(6)7;1-6-35(26-11-15-38-16-12-26)29-19-25(8-7-24-9-13-34(5)14-10-24)18-27(23(29)4)30(36)32-20-28-21(2)17-22(3)33-31(28)37/h11-12,17-18,20-22,29-30H,8-10,13-16,19,23H2,1-7H3,(H,37,41)(H,38,42);17-19,24,26H,6,9-16,20H2,1-5H3,(H,32,36)(H,33,37). The van der Waals surface area contributed by atoms with Crippen LogP contribution in [0.5, 0.6) is 5.75 Å². The molecule has 0 unspecified atom stereocenters. The smallest absolute Gasteiger partial charge is 0.253 e. The van der Waals surface area contributed by atoms with E-state index in [2.05, 4.69) is 125 Å². The zero-order valence-electron chi connectivity index (χ0n) is 50.8. The number of likely N-dealkylation sites (tertiary alicyclic amines) is 1. The Hall–Kier alpha value is -6.66. The van der Waals surface area contributed by atoms with Crippen LogP contribution in [0.15, 0.2) is 70.3 Å². The van der Waals surface area contributed by atoms with Crippen LogP contribution in [0, 0.1) is 59.3 Å². The van der Waals surface area contributed by atoms with Crippen LogP contribution in [0.25, 0.3) is 11.1 Å². The van der Waals surface area contributed by atoms with Gasteiger partial charge in [-0.3, -0.25) is 19.2 Å². The van der Waals surface area contributed by atoms with E-state index in [1.54, 1.807) is 0 Å². The van der Waals surface area contributed by atoms with E-state index >= 15 is 0 Å². The molecule has 5 aromatic rings. The molecule has 3 aliphatic rings. The lowest BCUT2D eigenvalue weighted by atomic mass is 9.88. The van der Waals surface area contributed by atoms with Gasteiger partial charge in [0.05, 0.1) is 6.61 Å². The number of carbonyl (C=O) groups excluding carboxylic acids is 2. The van der Waals surface area contributed by atoms with Gasteiger partial charge in [-0.05, 0) is 229 Å². The lowest BCUT2D eigenvalue weighted by Gasteiger charge is -2.40. The van der Waals surface area contributed by atoms with E-state index in [0.717, 1.165) is 158 Å². The molecule has 436 valence electrons. The molecular weight excluding hydrogens is 1010 g/mol. The molecule has 14 heteroatoms. The van der Waals surface area contributed by atoms with Crippen LogP contribution >= 0.6 is 0 Å². The van der Waals surface area contributed by atoms with Crippen LogP contribution in [0.1, 0.15) is 156 Å². The molecule has 0 spiro atoms. The van der Waals surface area contributed by atoms with E-state index < -0.39 is 0 Å². The molecule has 2 aromatic heterocycles. The molecule has 2 amide bonds. The van der Waals surface area contributed by atoms with Crippen molar-refractivity contribution < 1.29 is 19.1 Å². The van der Waals surface area contributed by atoms with Crippen molar-refractivity contribution in [2.75, 3.05) is 76.9 Å². The van der Waals surface area contributed by atoms with Crippen LogP contribution in [-0.4, -0.2) is 117 Å². The van der Waals surface area contributed by atoms with Crippen LogP contribution in [-0.2, 0) is 17.8 Å². The number of carbonyl (C=O) groups is 2. The fourth-order valence-electron chi connectivity index (χ4n) is 12.0. The Morgan fingerprint density at radius 2 is 1.16 bits per heavy atom. The summed E-state index contributed by atoms with van der Waals surface area (Å²) in [4.78, 5) is 67.8. The maximum Gasteiger partial charge on any atom is 0.253 e. The first kappa shape index (κ1) is 61.9. The maximum absolute atomic E-state index is 13.8. The van der Waals surface area contributed by atoms with E-state index in [0.29, 0.717) is 52.9 Å². The minimum Gasteiger partial charge on any atom is -0.494 e. The molecule has 2 aliphatic heterocycles. The molecule has 81 heavy (non-hydrogen) atoms. The number of aromatic amines is 2. The number of ether oxygens (including phenoxy) is 2. The number of piperidine rings is 1. The number of nitrogens with one attached hydrogen (secondary N) is 4. The van der Waals surface area contributed by atoms with Crippen LogP contribution < -0.4 is 36.3 Å². The average molecular weight is 1110 g/mol. The van der Waals surface area contributed by atoms with Gasteiger partial charge in [-0.15, -0.1) is 0 Å². The number of aryl methyl sites for hydroxylation is 4. The average Bonchev–Trinajstić information content (AvgIpc) is 3.65. The quantitative estimate of drug-likeness (QED) is 0.0492. The summed E-state index contributed by atoms with van der Waals surface area (Å²) >= 11 is 0. The lowest BCUT2D eigenvalue weighted by molar-refractivity contribution is 0.0845. The van der Waals surface area contributed by atoms with Gasteiger partial charge in [0.25, 0.3) is 22.9 Å². The number of nitrogens with zero attached hydrogens (tertiary/aromatic N) is 4. The fraction of sp³-hybridized carbons (Fsp3) is 0.522. The zero-order chi connectivity index (χ0) is 58.3. The van der Waals surface area contributed by atoms with Gasteiger partial charge >= 0.3 is 0 Å². The molecule has 0 bridgehead atoms. The van der Waals surface area contributed by atoms with Crippen LogP contribution in [0.4, 0.5) is 11.4 Å². The molecule has 0 atom stereocenters. The Kier molecular flexibility index (Phi) is 22.5. The fourth-order valence-corrected chi connectivity index (χ4v) is 12.0. The number of pyridine rings is 2. The highest BCUT2D eigenvalue weighted by Gasteiger charge is 2.30. The summed E-state index contributed by atoms with van der Waals surface area (Å²) in [5.41, 5.74) is 12.4. The summed E-state index contributed by atoms with van der Waals surface area (Å²) in [6.07, 6.45) is 10.8. The first-order valence-electron chi connectivity index (χ1n) is 29.8. The van der Waals surface area contributed by atoms with Gasteiger partial charge < -0.3 is 49.7 Å². The number of H-pyrrole nitrogens is 2. The summed E-state index contributed by atoms with van der Waals surface area (Å²) in [6.45, 7) is 24.6. The maximum atomic E-state index is 13.8. The monoisotopic (exact) mass is 1100 g/mol. The van der Waals surface area contributed by atoms with E-state index in [-0.39, 0.29) is 36.0 Å². The highest BCUT2D eigenvalue weighted by molar-refractivity contribution is 5.99. The molecule has 2 saturated heterocycles. The first-order valence-corrected chi connectivity index (χ1v) is 29.8. The van der Waals surface area contributed by atoms with Crippen molar-refractivity contribution in [3.63, 3.8) is 0 Å². The molecular formula is C67H92N8O6. The molecule has 1 saturated carbocycles. The van der Waals surface area contributed by atoms with Gasteiger partial charge in [0.2, 0.25) is 0 Å². The topological polar surface area (TPSA) is 155 Å². The first-order chi connectivity index (χ1) is 38.9. The summed E-state index contributed by atoms with van der Waals surface area (Å²) < 4.78 is 11.5. The highest BCUT2D eigenvalue weighted by Crippen LogP contribution is 2.37. The van der Waals surface area contributed by atoms with Crippen molar-refractivity contribution >= 4 is 23.2 Å². The van der Waals surface area contributed by atoms with E-state index in [4.69, 9.17) is 9.47 Å². The minimum atomic E-state index is -0.186. The van der Waals surface area contributed by atoms with E-state index in [1.807, 2.05) is 71.0 Å². The van der Waals surface area contributed by atoms with Gasteiger partial charge in [0.15, 0.2) is 0 Å². The van der Waals surface area contributed by atoms with Gasteiger partial charge in [-0.1, -0.05) is 37.3 Å². The largest absolute Gasteiger partial charge is 0.494 e. The van der Waals surface area contributed by atoms with Crippen molar-refractivity contribution in [2.24, 2.45) is 5.92 Å². The summed E-state index contributed by atoms with van der Waals surface area (Å²) in [6, 6.07) is 21.8. The Morgan fingerprint density at radius 3 is 1.67 bits per heavy atom. The number of anilines is 2. The van der Waals surface area contributed by atoms with Gasteiger partial charge in [-0.2, -0.15) is 0 Å². The molecule has 14 nitrogen and oxygen atoms in total. The highest BCUT2D eigenvalue weighted by atomic mass is 16.5. The Bertz CT molecular complexity index is 3110. The predicted octanol–water partition coefficient (Wildman–Crippen LogP) is 10.7. The van der Waals surface area contributed by atoms with Gasteiger partial charge in [-0.25, -0.2) is 0 Å². The molecule has 4 N–H and O–H groups in total. The molecule has 3 fully saturated rings. The van der Waals surface area contributed by atoms with Crippen LogP contribution in [0.3, 0.4) is 0 Å². The normalized spacial score (nSPS) is 16.9. The number of hydrogen-bond donors (Lipinski definition) is 4. The second-order valence-corrected chi connectivity index (χ2v) is 23.0. The molecule has 3 aromatic carbocycles. The van der Waals surface area contributed by atoms with Crippen molar-refractivity contribution in [3.05, 3.63) is 143 Å². The second kappa shape index (κ2) is 29.4. The zero-order valence-corrected chi connectivity index (χ0v) is 50.8. The molecule has 1 aliphatic carbocycles. The third-order valence-electron chi connectivity index (χ3n) is 17.0. The van der Waals surface area contributed by atoms with Crippen molar-refractivity contribution in [1.29, 1.82) is 0 Å². The molecule has 8 rings (SSSR count). The third kappa shape index (κ3) is 16.3. The number of hydrogen-bond acceptors (Lipinski definition) is 10. The SMILES string of the molecule is CCCCOc1ccc(-c2cc(C(=O)NCc3c(C)cc(C)[nH]c3=O)c(C)c(N(CC)C3CCC(N(C)C)CC3)c2)cc1.CCN(c1cc(C#CC2CCN(C)CC2)cc(C(=O)NCc2c(C)cc(C)[nH]c2=O)c1C)C1CCOCC1. The number of unbranched alkanes of at least 4 members (excludes halogenated alkanes) is 1. The molecule has 0 radical (unpaired) electrons. The number of rotatable bonds is 18. The van der Waals surface area contributed by atoms with Gasteiger partial charge in [0.1, 0.15) is 5.75 Å². The third-order valence-corrected chi connectivity index (χ3v) is 17.0. The minimum absolute atomic E-state index is 0.157. The van der Waals surface area contributed by atoms with Crippen molar-refractivity contribution in [1.82, 2.24) is 30.4 Å². The predicted molar refractivity (Wildman–Crippen MR) is 330 cm³/mol. The van der Waals surface area contributed by atoms with E-state index in [9.17, 15) is 19.2 Å². The lowest BCUT2D eigenvalue weighted by Crippen LogP contribution is -2.42. The van der Waals surface area contributed by atoms with Gasteiger partial charge in [0, 0.05) is 114 Å². The van der Waals surface area contributed by atoms with Crippen molar-refractivity contribution in [3.8, 4) is 28.7 Å². The Balaban J connectivity index is 0.000000235. The van der Waals surface area contributed by atoms with Crippen LogP contribution in [0.2, 0.25) is 0 Å². The Morgan fingerprint density at radius 1 is 0.654 bits per heavy atom. The summed E-state index contributed by atoms with van der Waals surface area (Å²) in [7, 11) is 6.50. The number of amides is 2. The summed E-state index contributed by atoms with van der Waals surface area (Å²) in [5, 5.41) is 6.06. The van der Waals surface area contributed by atoms with Crippen molar-refractivity contribution in [2.45, 2.75) is 158 Å². The number of aromatic nitrogens is 2. The number of benzene rings is 3. The molecule has 4 heterocycles. The summed E-state index contributed by atoms with van der Waals surface area (Å²) in [5.74, 6) is 7.78. The Labute approximate surface area is 482 Å².